The first-order chi connectivity index (χ1) is 12.3. The molecule has 0 spiro atoms. The van der Waals surface area contributed by atoms with Gasteiger partial charge in [-0.25, -0.2) is 9.78 Å². The average molecular weight is 388 g/mol. The molecule has 2 aromatic rings. The van der Waals surface area contributed by atoms with Crippen LogP contribution in [0.2, 0.25) is 0 Å². The lowest BCUT2D eigenvalue weighted by Gasteiger charge is -2.15. The van der Waals surface area contributed by atoms with Gasteiger partial charge in [0.05, 0.1) is 25.5 Å². The quantitative estimate of drug-likeness (QED) is 0.494. The van der Waals surface area contributed by atoms with Crippen molar-refractivity contribution >= 4 is 28.1 Å². The second-order valence-corrected chi connectivity index (χ2v) is 6.44. The average Bonchev–Trinajstić information content (AvgIpc) is 3.06. The number of methoxy groups -OCH3 is 1. The van der Waals surface area contributed by atoms with Gasteiger partial charge in [-0.05, 0) is 24.6 Å². The number of esters is 1. The van der Waals surface area contributed by atoms with Crippen LogP contribution in [0.3, 0.4) is 0 Å². The number of unbranched alkanes of at least 4 members (excludes halogenated alkanes) is 2. The molecule has 9 heteroatoms. The summed E-state index contributed by atoms with van der Waals surface area (Å²) in [6.45, 7) is 2.24. The Labute approximate surface area is 153 Å². The fraction of sp³-hybridized carbons (Fsp3) is 0.412. The second-order valence-electron chi connectivity index (χ2n) is 5.41. The van der Waals surface area contributed by atoms with Crippen molar-refractivity contribution in [2.24, 2.45) is 0 Å². The third-order valence-corrected chi connectivity index (χ3v) is 4.33. The van der Waals surface area contributed by atoms with E-state index in [4.69, 9.17) is 4.74 Å². The maximum Gasteiger partial charge on any atom is 0.420 e. The van der Waals surface area contributed by atoms with E-state index in [-0.39, 0.29) is 28.1 Å². The van der Waals surface area contributed by atoms with Gasteiger partial charge in [0.1, 0.15) is 10.6 Å². The van der Waals surface area contributed by atoms with Gasteiger partial charge in [-0.3, -0.25) is 0 Å². The van der Waals surface area contributed by atoms with Crippen LogP contribution in [0.1, 0.15) is 41.4 Å². The number of nitrogens with one attached hydrogen (secondary N) is 1. The van der Waals surface area contributed by atoms with Crippen LogP contribution in [0.25, 0.3) is 0 Å². The summed E-state index contributed by atoms with van der Waals surface area (Å²) in [6.07, 6.45) is -0.691. The van der Waals surface area contributed by atoms with Gasteiger partial charge in [-0.15, -0.1) is 0 Å². The third-order valence-electron chi connectivity index (χ3n) is 3.43. The minimum absolute atomic E-state index is 0.198. The highest BCUT2D eigenvalue weighted by Gasteiger charge is 2.34. The number of alkyl halides is 3. The molecular formula is C17H19F3N2O3S. The smallest absolute Gasteiger partial charge is 0.420 e. The molecule has 1 N–H and O–H groups in total. The molecule has 0 radical (unpaired) electrons. The highest BCUT2D eigenvalue weighted by atomic mass is 32.1. The van der Waals surface area contributed by atoms with Crippen molar-refractivity contribution < 1.29 is 27.4 Å². The van der Waals surface area contributed by atoms with Crippen molar-refractivity contribution in [3.63, 3.8) is 0 Å². The van der Waals surface area contributed by atoms with Crippen LogP contribution >= 0.6 is 11.3 Å². The largest absolute Gasteiger partial charge is 0.493 e. The minimum Gasteiger partial charge on any atom is -0.493 e. The first-order valence-electron chi connectivity index (χ1n) is 8.00. The number of thiazole rings is 1. The number of nitrogens with zero attached hydrogens (tertiary/aromatic N) is 1. The molecule has 142 valence electrons. The summed E-state index contributed by atoms with van der Waals surface area (Å²) in [4.78, 5) is 15.6. The van der Waals surface area contributed by atoms with Gasteiger partial charge in [-0.2, -0.15) is 13.2 Å². The summed E-state index contributed by atoms with van der Waals surface area (Å²) in [6, 6.07) is 3.73. The Balaban J connectivity index is 2.17. The number of ether oxygens (including phenoxy) is 2. The molecule has 1 aromatic heterocycles. The monoisotopic (exact) mass is 388 g/mol. The molecule has 1 heterocycles. The predicted molar refractivity (Wildman–Crippen MR) is 93.2 cm³/mol. The van der Waals surface area contributed by atoms with Gasteiger partial charge in [0.2, 0.25) is 0 Å². The molecule has 0 atom stereocenters. The Kier molecular flexibility index (Phi) is 6.84. The molecule has 0 saturated heterocycles. The Morgan fingerprint density at radius 1 is 1.31 bits per heavy atom. The van der Waals surface area contributed by atoms with Gasteiger partial charge >= 0.3 is 12.1 Å². The van der Waals surface area contributed by atoms with Crippen molar-refractivity contribution in [2.75, 3.05) is 19.0 Å². The van der Waals surface area contributed by atoms with Gasteiger partial charge < -0.3 is 14.8 Å². The van der Waals surface area contributed by atoms with Crippen LogP contribution in [0.5, 0.6) is 5.75 Å². The van der Waals surface area contributed by atoms with E-state index >= 15 is 0 Å². The van der Waals surface area contributed by atoms with Crippen molar-refractivity contribution in [2.45, 2.75) is 32.4 Å². The zero-order valence-electron chi connectivity index (χ0n) is 14.4. The van der Waals surface area contributed by atoms with Crippen LogP contribution < -0.4 is 10.1 Å². The fourth-order valence-electron chi connectivity index (χ4n) is 2.14. The summed E-state index contributed by atoms with van der Waals surface area (Å²) in [7, 11) is 1.24. The standard InChI is InChI=1S/C17H19F3N2O3S/c1-3-4-5-8-25-13-7-6-11(9-12(13)17(18,19)20)22-16-21-10-14(26-16)15(23)24-2/h6-7,9-10H,3-5,8H2,1-2H3,(H,21,22). The molecule has 5 nitrogen and oxygen atoms in total. The van der Waals surface area contributed by atoms with E-state index in [1.54, 1.807) is 0 Å². The Bertz CT molecular complexity index is 747. The molecule has 0 fully saturated rings. The number of hydrogen-bond donors (Lipinski definition) is 1. The minimum atomic E-state index is -4.54. The first kappa shape index (κ1) is 20.0. The lowest BCUT2D eigenvalue weighted by atomic mass is 10.1. The summed E-state index contributed by atoms with van der Waals surface area (Å²) >= 11 is 0.988. The number of halogens is 3. The number of benzene rings is 1. The molecule has 0 aliphatic heterocycles. The summed E-state index contributed by atoms with van der Waals surface area (Å²) < 4.78 is 49.8. The normalized spacial score (nSPS) is 11.3. The Morgan fingerprint density at radius 2 is 2.08 bits per heavy atom. The molecule has 0 saturated carbocycles. The molecule has 0 aliphatic rings. The maximum atomic E-state index is 13.3. The van der Waals surface area contributed by atoms with Crippen LogP contribution in [0.4, 0.5) is 24.0 Å². The molecule has 1 aromatic carbocycles. The summed E-state index contributed by atoms with van der Waals surface area (Å²) in [5.41, 5.74) is -0.659. The Hall–Kier alpha value is -2.29. The highest BCUT2D eigenvalue weighted by Crippen LogP contribution is 2.38. The van der Waals surface area contributed by atoms with E-state index in [0.717, 1.165) is 30.2 Å². The first-order valence-corrected chi connectivity index (χ1v) is 8.82. The zero-order chi connectivity index (χ0) is 19.2. The summed E-state index contributed by atoms with van der Waals surface area (Å²) in [5, 5.41) is 3.05. The molecule has 0 aliphatic carbocycles. The Morgan fingerprint density at radius 3 is 2.73 bits per heavy atom. The summed E-state index contributed by atoms with van der Waals surface area (Å²) in [5.74, 6) is -0.754. The van der Waals surface area contributed by atoms with E-state index in [0.29, 0.717) is 6.42 Å². The van der Waals surface area contributed by atoms with Crippen molar-refractivity contribution in [3.8, 4) is 5.75 Å². The van der Waals surface area contributed by atoms with Crippen molar-refractivity contribution in [1.82, 2.24) is 4.98 Å². The maximum absolute atomic E-state index is 13.3. The SMILES string of the molecule is CCCCCOc1ccc(Nc2ncc(C(=O)OC)s2)cc1C(F)(F)F. The van der Waals surface area contributed by atoms with E-state index in [1.165, 1.54) is 25.4 Å². The molecular weight excluding hydrogens is 369 g/mol. The van der Waals surface area contributed by atoms with Gasteiger partial charge in [0.25, 0.3) is 0 Å². The number of carbonyl (C=O) groups excluding carboxylic acids is 1. The van der Waals surface area contributed by atoms with Gasteiger partial charge in [-0.1, -0.05) is 31.1 Å². The van der Waals surface area contributed by atoms with Crippen LogP contribution in [-0.4, -0.2) is 24.7 Å². The van der Waals surface area contributed by atoms with Gasteiger partial charge in [0.15, 0.2) is 5.13 Å². The second kappa shape index (κ2) is 8.88. The number of aromatic nitrogens is 1. The van der Waals surface area contributed by atoms with Crippen LogP contribution in [0.15, 0.2) is 24.4 Å². The van der Waals surface area contributed by atoms with Crippen molar-refractivity contribution in [1.29, 1.82) is 0 Å². The molecule has 0 unspecified atom stereocenters. The van der Waals surface area contributed by atoms with E-state index < -0.39 is 17.7 Å². The van der Waals surface area contributed by atoms with Gasteiger partial charge in [0, 0.05) is 5.69 Å². The number of rotatable bonds is 8. The molecule has 26 heavy (non-hydrogen) atoms. The lowest BCUT2D eigenvalue weighted by molar-refractivity contribution is -0.138. The lowest BCUT2D eigenvalue weighted by Crippen LogP contribution is -2.10. The van der Waals surface area contributed by atoms with Crippen molar-refractivity contribution in [3.05, 3.63) is 34.8 Å². The molecule has 0 bridgehead atoms. The number of carbonyl (C=O) groups is 1. The zero-order valence-corrected chi connectivity index (χ0v) is 15.2. The van der Waals surface area contributed by atoms with E-state index in [1.807, 2.05) is 6.92 Å². The number of hydrogen-bond acceptors (Lipinski definition) is 6. The predicted octanol–water partition coefficient (Wildman–Crippen LogP) is 5.26. The number of anilines is 2. The van der Waals surface area contributed by atoms with E-state index in [2.05, 4.69) is 15.0 Å². The molecule has 0 amide bonds. The third kappa shape index (κ3) is 5.35. The van der Waals surface area contributed by atoms with Crippen LogP contribution in [0, 0.1) is 0 Å². The fourth-order valence-corrected chi connectivity index (χ4v) is 2.89. The van der Waals surface area contributed by atoms with E-state index in [9.17, 15) is 18.0 Å². The highest BCUT2D eigenvalue weighted by molar-refractivity contribution is 7.17. The van der Waals surface area contributed by atoms with Crippen LogP contribution in [-0.2, 0) is 10.9 Å². The molecule has 2 rings (SSSR count). The topological polar surface area (TPSA) is 60.5 Å².